The number of hydrogen-bond donors (Lipinski definition) is 1. The van der Waals surface area contributed by atoms with Crippen molar-refractivity contribution in [3.8, 4) is 0 Å². The van der Waals surface area contributed by atoms with Crippen molar-refractivity contribution in [2.24, 2.45) is 0 Å². The lowest BCUT2D eigenvalue weighted by atomic mass is 10.1. The van der Waals surface area contributed by atoms with Gasteiger partial charge in [-0.05, 0) is 41.5 Å². The molecule has 0 heterocycles. The van der Waals surface area contributed by atoms with Gasteiger partial charge in [0.2, 0.25) is 0 Å². The van der Waals surface area contributed by atoms with Crippen LogP contribution in [0.5, 0.6) is 0 Å². The summed E-state index contributed by atoms with van der Waals surface area (Å²) in [7, 11) is 0. The minimum Gasteiger partial charge on any atom is -0.481 e. The second kappa shape index (κ2) is 6.96. The highest BCUT2D eigenvalue weighted by molar-refractivity contribution is 9.10. The molecule has 106 valence electrons. The van der Waals surface area contributed by atoms with Gasteiger partial charge in [0.1, 0.15) is 11.6 Å². The van der Waals surface area contributed by atoms with Gasteiger partial charge >= 0.3 is 5.97 Å². The molecule has 0 bridgehead atoms. The predicted molar refractivity (Wildman–Crippen MR) is 71.9 cm³/mol. The van der Waals surface area contributed by atoms with Crippen molar-refractivity contribution >= 4 is 21.9 Å². The molecule has 1 atom stereocenters. The molecular weight excluding hydrogens is 320 g/mol. The monoisotopic (exact) mass is 335 g/mol. The Morgan fingerprint density at radius 2 is 2.11 bits per heavy atom. The molecule has 0 radical (unpaired) electrons. The van der Waals surface area contributed by atoms with E-state index in [0.29, 0.717) is 6.54 Å². The second-order valence-corrected chi connectivity index (χ2v) is 5.19. The first kappa shape index (κ1) is 16.0. The number of nitrogens with zero attached hydrogens (tertiary/aromatic N) is 1. The lowest BCUT2D eigenvalue weighted by molar-refractivity contribution is -0.138. The molecule has 1 aromatic rings. The zero-order valence-electron chi connectivity index (χ0n) is 10.8. The molecule has 1 aromatic carbocycles. The Labute approximate surface area is 119 Å². The van der Waals surface area contributed by atoms with E-state index in [2.05, 4.69) is 15.9 Å². The van der Waals surface area contributed by atoms with Gasteiger partial charge in [-0.1, -0.05) is 6.92 Å². The third-order valence-electron chi connectivity index (χ3n) is 3.00. The van der Waals surface area contributed by atoms with E-state index in [4.69, 9.17) is 5.11 Å². The molecule has 1 rings (SSSR count). The topological polar surface area (TPSA) is 40.5 Å². The summed E-state index contributed by atoms with van der Waals surface area (Å²) in [6.07, 6.45) is -0.0644. The Morgan fingerprint density at radius 3 is 2.63 bits per heavy atom. The summed E-state index contributed by atoms with van der Waals surface area (Å²) in [6, 6.07) is 2.21. The summed E-state index contributed by atoms with van der Waals surface area (Å²) in [4.78, 5) is 12.4. The number of aliphatic carboxylic acids is 1. The Hall–Kier alpha value is -1.01. The molecule has 19 heavy (non-hydrogen) atoms. The standard InChI is InChI=1S/C13H16BrF2NO2/c1-3-17(8(2)6-12(18)19)7-9-11(15)5-4-10(14)13(9)16/h4-5,8H,3,6-7H2,1-2H3,(H,18,19). The third kappa shape index (κ3) is 4.24. The Balaban J connectivity index is 2.93. The molecule has 3 nitrogen and oxygen atoms in total. The maximum Gasteiger partial charge on any atom is 0.304 e. The maximum absolute atomic E-state index is 13.9. The predicted octanol–water partition coefficient (Wildman–Crippen LogP) is 3.41. The number of benzene rings is 1. The fourth-order valence-corrected chi connectivity index (χ4v) is 2.25. The molecule has 0 aliphatic heterocycles. The highest BCUT2D eigenvalue weighted by Crippen LogP contribution is 2.23. The van der Waals surface area contributed by atoms with Crippen LogP contribution in [0.2, 0.25) is 0 Å². The summed E-state index contributed by atoms with van der Waals surface area (Å²) in [6.45, 7) is 4.11. The summed E-state index contributed by atoms with van der Waals surface area (Å²) in [5, 5.41) is 8.77. The number of carboxylic acids is 1. The highest BCUT2D eigenvalue weighted by atomic mass is 79.9. The van der Waals surface area contributed by atoms with Crippen molar-refractivity contribution in [2.75, 3.05) is 6.54 Å². The van der Waals surface area contributed by atoms with Crippen molar-refractivity contribution in [3.05, 3.63) is 33.8 Å². The Kier molecular flexibility index (Phi) is 5.87. The molecule has 0 aromatic heterocycles. The zero-order chi connectivity index (χ0) is 14.6. The van der Waals surface area contributed by atoms with Gasteiger partial charge in [0.15, 0.2) is 0 Å². The van der Waals surface area contributed by atoms with E-state index in [1.807, 2.05) is 6.92 Å². The first-order valence-corrected chi connectivity index (χ1v) is 6.74. The summed E-state index contributed by atoms with van der Waals surface area (Å²) in [5.74, 6) is -2.19. The minimum atomic E-state index is -0.930. The normalized spacial score (nSPS) is 12.7. The number of halogens is 3. The van der Waals surface area contributed by atoms with Crippen molar-refractivity contribution in [2.45, 2.75) is 32.9 Å². The number of carbonyl (C=O) groups is 1. The molecule has 0 aliphatic rings. The average Bonchev–Trinajstić information content (AvgIpc) is 2.33. The SMILES string of the molecule is CCN(Cc1c(F)ccc(Br)c1F)C(C)CC(=O)O. The zero-order valence-corrected chi connectivity index (χ0v) is 12.4. The largest absolute Gasteiger partial charge is 0.481 e. The van der Waals surface area contributed by atoms with E-state index in [9.17, 15) is 13.6 Å². The van der Waals surface area contributed by atoms with Crippen molar-refractivity contribution in [3.63, 3.8) is 0 Å². The molecule has 0 saturated heterocycles. The first-order valence-electron chi connectivity index (χ1n) is 5.95. The highest BCUT2D eigenvalue weighted by Gasteiger charge is 2.20. The third-order valence-corrected chi connectivity index (χ3v) is 3.61. The lowest BCUT2D eigenvalue weighted by Crippen LogP contribution is -2.34. The van der Waals surface area contributed by atoms with Gasteiger partial charge in [0.25, 0.3) is 0 Å². The first-order chi connectivity index (χ1) is 8.86. The summed E-state index contributed by atoms with van der Waals surface area (Å²) < 4.78 is 27.7. The van der Waals surface area contributed by atoms with Gasteiger partial charge in [-0.2, -0.15) is 0 Å². The van der Waals surface area contributed by atoms with Crippen molar-refractivity contribution in [1.29, 1.82) is 0 Å². The molecule has 6 heteroatoms. The van der Waals surface area contributed by atoms with Gasteiger partial charge < -0.3 is 5.11 Å². The van der Waals surface area contributed by atoms with Crippen LogP contribution in [-0.4, -0.2) is 28.6 Å². The molecule has 0 fully saturated rings. The average molecular weight is 336 g/mol. The molecular formula is C13H16BrF2NO2. The van der Waals surface area contributed by atoms with Gasteiger partial charge in [0.05, 0.1) is 10.9 Å². The van der Waals surface area contributed by atoms with Gasteiger partial charge in [0, 0.05) is 18.2 Å². The Bertz CT molecular complexity index is 468. The van der Waals surface area contributed by atoms with E-state index in [0.717, 1.165) is 0 Å². The van der Waals surface area contributed by atoms with Crippen LogP contribution in [0, 0.1) is 11.6 Å². The van der Waals surface area contributed by atoms with E-state index in [1.165, 1.54) is 12.1 Å². The van der Waals surface area contributed by atoms with Crippen LogP contribution in [0.3, 0.4) is 0 Å². The van der Waals surface area contributed by atoms with Crippen LogP contribution in [0.15, 0.2) is 16.6 Å². The smallest absolute Gasteiger partial charge is 0.304 e. The van der Waals surface area contributed by atoms with Crippen LogP contribution in [-0.2, 0) is 11.3 Å². The van der Waals surface area contributed by atoms with E-state index < -0.39 is 17.6 Å². The number of rotatable bonds is 6. The van der Waals surface area contributed by atoms with Crippen molar-refractivity contribution < 1.29 is 18.7 Å². The fraction of sp³-hybridized carbons (Fsp3) is 0.462. The fourth-order valence-electron chi connectivity index (χ4n) is 1.88. The molecule has 0 saturated carbocycles. The molecule has 1 unspecified atom stereocenters. The minimum absolute atomic E-state index is 0.0437. The molecule has 0 aliphatic carbocycles. The second-order valence-electron chi connectivity index (χ2n) is 4.33. The Morgan fingerprint density at radius 1 is 1.47 bits per heavy atom. The quantitative estimate of drug-likeness (QED) is 0.810. The number of hydrogen-bond acceptors (Lipinski definition) is 2. The number of carboxylic acid groups (broad SMARTS) is 1. The van der Waals surface area contributed by atoms with Crippen molar-refractivity contribution in [1.82, 2.24) is 4.90 Å². The molecule has 0 spiro atoms. The summed E-state index contributed by atoms with van der Waals surface area (Å²) >= 11 is 3.02. The van der Waals surface area contributed by atoms with Crippen LogP contribution < -0.4 is 0 Å². The van der Waals surface area contributed by atoms with E-state index in [1.54, 1.807) is 11.8 Å². The van der Waals surface area contributed by atoms with Gasteiger partial charge in [-0.3, -0.25) is 9.69 Å². The van der Waals surface area contributed by atoms with Crippen LogP contribution in [0.1, 0.15) is 25.8 Å². The summed E-state index contributed by atoms with van der Waals surface area (Å²) in [5.41, 5.74) is -0.0477. The van der Waals surface area contributed by atoms with E-state index >= 15 is 0 Å². The van der Waals surface area contributed by atoms with E-state index in [-0.39, 0.29) is 29.0 Å². The molecule has 1 N–H and O–H groups in total. The lowest BCUT2D eigenvalue weighted by Gasteiger charge is -2.27. The maximum atomic E-state index is 13.9. The van der Waals surface area contributed by atoms with Crippen LogP contribution in [0.4, 0.5) is 8.78 Å². The van der Waals surface area contributed by atoms with Crippen LogP contribution in [0.25, 0.3) is 0 Å². The molecule has 0 amide bonds. The van der Waals surface area contributed by atoms with Crippen LogP contribution >= 0.6 is 15.9 Å². The van der Waals surface area contributed by atoms with Gasteiger partial charge in [-0.15, -0.1) is 0 Å². The van der Waals surface area contributed by atoms with Gasteiger partial charge in [-0.25, -0.2) is 8.78 Å².